The Morgan fingerprint density at radius 1 is 1.54 bits per heavy atom. The number of aromatic amines is 1. The number of nitrogens with one attached hydrogen (secondary N) is 1. The number of halogens is 1. The lowest BCUT2D eigenvalue weighted by Crippen LogP contribution is -1.97. The standard InChI is InChI=1S/C9H10BrN3/c1-5-6(10)2-3-7-9(5)8(4-11)13-12-7/h2-3H,4,11H2,1H3,(H,12,13). The molecule has 1 aromatic carbocycles. The topological polar surface area (TPSA) is 54.7 Å². The number of rotatable bonds is 1. The third-order valence-corrected chi connectivity index (χ3v) is 3.05. The molecule has 4 heteroatoms. The highest BCUT2D eigenvalue weighted by Crippen LogP contribution is 2.26. The Morgan fingerprint density at radius 2 is 2.31 bits per heavy atom. The average Bonchev–Trinajstić information content (AvgIpc) is 2.55. The van der Waals surface area contributed by atoms with Crippen molar-refractivity contribution in [3.63, 3.8) is 0 Å². The number of hydrogen-bond acceptors (Lipinski definition) is 2. The Labute approximate surface area is 84.4 Å². The zero-order valence-corrected chi connectivity index (χ0v) is 8.85. The first-order valence-electron chi connectivity index (χ1n) is 4.06. The van der Waals surface area contributed by atoms with E-state index in [0.29, 0.717) is 6.54 Å². The highest BCUT2D eigenvalue weighted by molar-refractivity contribution is 9.10. The SMILES string of the molecule is Cc1c(Br)ccc2n[nH]c(CN)c12. The number of fused-ring (bicyclic) bond motifs is 1. The van der Waals surface area contributed by atoms with E-state index in [2.05, 4.69) is 33.1 Å². The molecule has 3 nitrogen and oxygen atoms in total. The second-order valence-corrected chi connectivity index (χ2v) is 3.83. The van der Waals surface area contributed by atoms with Crippen LogP contribution in [0.25, 0.3) is 10.9 Å². The third kappa shape index (κ3) is 1.26. The Balaban J connectivity index is 2.85. The van der Waals surface area contributed by atoms with Crippen LogP contribution >= 0.6 is 15.9 Å². The van der Waals surface area contributed by atoms with Crippen molar-refractivity contribution in [1.82, 2.24) is 10.2 Å². The zero-order chi connectivity index (χ0) is 9.42. The first kappa shape index (κ1) is 8.72. The van der Waals surface area contributed by atoms with Gasteiger partial charge in [-0.15, -0.1) is 0 Å². The van der Waals surface area contributed by atoms with E-state index in [0.717, 1.165) is 21.1 Å². The highest BCUT2D eigenvalue weighted by Gasteiger charge is 2.08. The van der Waals surface area contributed by atoms with Crippen LogP contribution in [0, 0.1) is 6.92 Å². The number of H-pyrrole nitrogens is 1. The van der Waals surface area contributed by atoms with Crippen LogP contribution in [0.5, 0.6) is 0 Å². The van der Waals surface area contributed by atoms with Crippen molar-refractivity contribution in [2.24, 2.45) is 5.73 Å². The maximum Gasteiger partial charge on any atom is 0.0927 e. The van der Waals surface area contributed by atoms with E-state index in [9.17, 15) is 0 Å². The normalized spacial score (nSPS) is 11.0. The number of hydrogen-bond donors (Lipinski definition) is 2. The Hall–Kier alpha value is -0.870. The number of aryl methyl sites for hydroxylation is 1. The number of nitrogens with two attached hydrogens (primary N) is 1. The van der Waals surface area contributed by atoms with E-state index in [1.165, 1.54) is 5.56 Å². The number of aromatic nitrogens is 2. The molecule has 13 heavy (non-hydrogen) atoms. The van der Waals surface area contributed by atoms with Crippen LogP contribution in [-0.2, 0) is 6.54 Å². The summed E-state index contributed by atoms with van der Waals surface area (Å²) < 4.78 is 1.09. The predicted octanol–water partition coefficient (Wildman–Crippen LogP) is 2.09. The van der Waals surface area contributed by atoms with Gasteiger partial charge in [0.15, 0.2) is 0 Å². The minimum absolute atomic E-state index is 0.494. The Bertz CT molecular complexity index is 447. The van der Waals surface area contributed by atoms with E-state index in [1.54, 1.807) is 0 Å². The average molecular weight is 240 g/mol. The van der Waals surface area contributed by atoms with Crippen molar-refractivity contribution < 1.29 is 0 Å². The third-order valence-electron chi connectivity index (χ3n) is 2.19. The van der Waals surface area contributed by atoms with Gasteiger partial charge in [-0.25, -0.2) is 0 Å². The summed E-state index contributed by atoms with van der Waals surface area (Å²) in [5.74, 6) is 0. The summed E-state index contributed by atoms with van der Waals surface area (Å²) in [5.41, 5.74) is 8.75. The van der Waals surface area contributed by atoms with Crippen LogP contribution in [0.15, 0.2) is 16.6 Å². The summed E-state index contributed by atoms with van der Waals surface area (Å²) in [6, 6.07) is 3.97. The van der Waals surface area contributed by atoms with Gasteiger partial charge in [-0.3, -0.25) is 5.10 Å². The molecule has 0 radical (unpaired) electrons. The fourth-order valence-corrected chi connectivity index (χ4v) is 1.81. The van der Waals surface area contributed by atoms with E-state index < -0.39 is 0 Å². The molecule has 1 heterocycles. The predicted molar refractivity (Wildman–Crippen MR) is 56.4 cm³/mol. The molecule has 2 rings (SSSR count). The second-order valence-electron chi connectivity index (χ2n) is 2.97. The summed E-state index contributed by atoms with van der Waals surface area (Å²) in [5, 5.41) is 8.24. The molecule has 0 aliphatic rings. The molecule has 3 N–H and O–H groups in total. The number of benzene rings is 1. The molecule has 0 amide bonds. The Kier molecular flexibility index (Phi) is 2.09. The van der Waals surface area contributed by atoms with Gasteiger partial charge < -0.3 is 5.73 Å². The van der Waals surface area contributed by atoms with E-state index in [1.807, 2.05) is 12.1 Å². The van der Waals surface area contributed by atoms with Gasteiger partial charge in [0.1, 0.15) is 0 Å². The molecule has 0 fully saturated rings. The van der Waals surface area contributed by atoms with Crippen molar-refractivity contribution in [3.05, 3.63) is 27.9 Å². The molecule has 1 aromatic heterocycles. The van der Waals surface area contributed by atoms with Crippen LogP contribution < -0.4 is 5.73 Å². The fraction of sp³-hybridized carbons (Fsp3) is 0.222. The largest absolute Gasteiger partial charge is 0.325 e. The minimum atomic E-state index is 0.494. The van der Waals surface area contributed by atoms with Gasteiger partial charge in [-0.2, -0.15) is 5.10 Å². The maximum absolute atomic E-state index is 5.59. The van der Waals surface area contributed by atoms with Crippen molar-refractivity contribution in [2.75, 3.05) is 0 Å². The van der Waals surface area contributed by atoms with E-state index in [-0.39, 0.29) is 0 Å². The molecule has 0 unspecified atom stereocenters. The molecule has 0 saturated carbocycles. The molecule has 0 bridgehead atoms. The second kappa shape index (κ2) is 3.12. The van der Waals surface area contributed by atoms with E-state index in [4.69, 9.17) is 5.73 Å². The van der Waals surface area contributed by atoms with Crippen LogP contribution in [0.4, 0.5) is 0 Å². The lowest BCUT2D eigenvalue weighted by Gasteiger charge is -2.00. The molecule has 2 aromatic rings. The molecule has 0 spiro atoms. The van der Waals surface area contributed by atoms with Gasteiger partial charge in [0.2, 0.25) is 0 Å². The van der Waals surface area contributed by atoms with Crippen LogP contribution in [0.2, 0.25) is 0 Å². The quantitative estimate of drug-likeness (QED) is 0.801. The monoisotopic (exact) mass is 239 g/mol. The van der Waals surface area contributed by atoms with Gasteiger partial charge in [0.25, 0.3) is 0 Å². The van der Waals surface area contributed by atoms with Gasteiger partial charge >= 0.3 is 0 Å². The molecule has 0 atom stereocenters. The summed E-state index contributed by atoms with van der Waals surface area (Å²) in [6.45, 7) is 2.55. The van der Waals surface area contributed by atoms with Gasteiger partial charge in [-0.05, 0) is 24.6 Å². The number of nitrogens with zero attached hydrogens (tertiary/aromatic N) is 1. The van der Waals surface area contributed by atoms with Crippen molar-refractivity contribution in [3.8, 4) is 0 Å². The molecular formula is C9H10BrN3. The molecular weight excluding hydrogens is 230 g/mol. The van der Waals surface area contributed by atoms with Crippen LogP contribution in [0.3, 0.4) is 0 Å². The van der Waals surface area contributed by atoms with Crippen LogP contribution in [0.1, 0.15) is 11.3 Å². The summed E-state index contributed by atoms with van der Waals surface area (Å²) in [7, 11) is 0. The van der Waals surface area contributed by atoms with Gasteiger partial charge in [0.05, 0.1) is 11.2 Å². The minimum Gasteiger partial charge on any atom is -0.325 e. The molecule has 0 saturated heterocycles. The zero-order valence-electron chi connectivity index (χ0n) is 7.26. The van der Waals surface area contributed by atoms with Crippen molar-refractivity contribution in [2.45, 2.75) is 13.5 Å². The Morgan fingerprint density at radius 3 is 3.00 bits per heavy atom. The lowest BCUT2D eigenvalue weighted by atomic mass is 10.1. The molecule has 68 valence electrons. The lowest BCUT2D eigenvalue weighted by molar-refractivity contribution is 0.958. The highest BCUT2D eigenvalue weighted by atomic mass is 79.9. The van der Waals surface area contributed by atoms with Gasteiger partial charge in [-0.1, -0.05) is 15.9 Å². The summed E-state index contributed by atoms with van der Waals surface area (Å²) in [4.78, 5) is 0. The first-order chi connectivity index (χ1) is 6.24. The molecule has 0 aliphatic carbocycles. The maximum atomic E-state index is 5.59. The van der Waals surface area contributed by atoms with Gasteiger partial charge in [0, 0.05) is 16.4 Å². The summed E-state index contributed by atoms with van der Waals surface area (Å²) in [6.07, 6.45) is 0. The van der Waals surface area contributed by atoms with Crippen molar-refractivity contribution >= 4 is 26.8 Å². The fourth-order valence-electron chi connectivity index (χ4n) is 1.48. The van der Waals surface area contributed by atoms with Crippen molar-refractivity contribution in [1.29, 1.82) is 0 Å². The smallest absolute Gasteiger partial charge is 0.0927 e. The molecule has 0 aliphatic heterocycles. The van der Waals surface area contributed by atoms with Crippen LogP contribution in [-0.4, -0.2) is 10.2 Å². The first-order valence-corrected chi connectivity index (χ1v) is 4.85. The summed E-state index contributed by atoms with van der Waals surface area (Å²) >= 11 is 3.48. The van der Waals surface area contributed by atoms with E-state index >= 15 is 0 Å².